The molecule has 2 heteroatoms. The SMILES string of the molecule is FC([S])c1cccc2ccccc12. The van der Waals surface area contributed by atoms with Gasteiger partial charge in [-0.05, 0) is 23.4 Å². The van der Waals surface area contributed by atoms with Crippen LogP contribution in [-0.2, 0) is 0 Å². The lowest BCUT2D eigenvalue weighted by atomic mass is 10.1. The fourth-order valence-corrected chi connectivity index (χ4v) is 1.65. The van der Waals surface area contributed by atoms with Crippen molar-refractivity contribution in [2.45, 2.75) is 5.50 Å². The van der Waals surface area contributed by atoms with Gasteiger partial charge in [0.15, 0.2) is 5.50 Å². The second-order valence-corrected chi connectivity index (χ2v) is 3.30. The van der Waals surface area contributed by atoms with Gasteiger partial charge >= 0.3 is 0 Å². The smallest absolute Gasteiger partial charge is 0.181 e. The maximum Gasteiger partial charge on any atom is 0.181 e. The number of rotatable bonds is 1. The molecule has 1 atom stereocenters. The van der Waals surface area contributed by atoms with Gasteiger partial charge < -0.3 is 0 Å². The van der Waals surface area contributed by atoms with E-state index in [0.717, 1.165) is 10.8 Å². The molecule has 2 aromatic carbocycles. The first-order chi connectivity index (χ1) is 6.29. The van der Waals surface area contributed by atoms with E-state index in [1.807, 2.05) is 36.4 Å². The number of benzene rings is 2. The summed E-state index contributed by atoms with van der Waals surface area (Å²) in [7, 11) is 0. The minimum Gasteiger partial charge on any atom is -0.229 e. The Morgan fingerprint density at radius 1 is 1.00 bits per heavy atom. The molecule has 0 bridgehead atoms. The van der Waals surface area contributed by atoms with Crippen LogP contribution in [0.4, 0.5) is 4.39 Å². The predicted molar refractivity (Wildman–Crippen MR) is 55.4 cm³/mol. The minimum atomic E-state index is -1.31. The first-order valence-electron chi connectivity index (χ1n) is 4.06. The van der Waals surface area contributed by atoms with Gasteiger partial charge in [0.2, 0.25) is 0 Å². The van der Waals surface area contributed by atoms with Crippen molar-refractivity contribution in [3.8, 4) is 0 Å². The summed E-state index contributed by atoms with van der Waals surface area (Å²) >= 11 is 4.61. The van der Waals surface area contributed by atoms with Crippen LogP contribution in [0, 0.1) is 0 Å². The predicted octanol–water partition coefficient (Wildman–Crippen LogP) is 4.01. The third kappa shape index (κ3) is 1.54. The summed E-state index contributed by atoms with van der Waals surface area (Å²) in [6.45, 7) is 0. The molecule has 65 valence electrons. The number of hydrogen-bond acceptors (Lipinski definition) is 0. The quantitative estimate of drug-likeness (QED) is 0.639. The molecule has 2 rings (SSSR count). The van der Waals surface area contributed by atoms with Gasteiger partial charge in [0.25, 0.3) is 0 Å². The second kappa shape index (κ2) is 3.38. The molecule has 0 N–H and O–H groups in total. The first-order valence-corrected chi connectivity index (χ1v) is 4.54. The Balaban J connectivity index is 2.76. The van der Waals surface area contributed by atoms with Crippen LogP contribution in [0.2, 0.25) is 0 Å². The molecular formula is C11H8FS. The normalized spacial score (nSPS) is 13.1. The van der Waals surface area contributed by atoms with Gasteiger partial charge in [0.05, 0.1) is 0 Å². The third-order valence-electron chi connectivity index (χ3n) is 2.07. The number of fused-ring (bicyclic) bond motifs is 1. The first kappa shape index (κ1) is 8.57. The van der Waals surface area contributed by atoms with Crippen LogP contribution in [0.15, 0.2) is 42.5 Å². The van der Waals surface area contributed by atoms with Crippen LogP contribution < -0.4 is 0 Å². The van der Waals surface area contributed by atoms with Crippen molar-refractivity contribution >= 4 is 23.4 Å². The molecule has 0 saturated heterocycles. The molecule has 0 spiro atoms. The summed E-state index contributed by atoms with van der Waals surface area (Å²) in [6, 6.07) is 13.2. The van der Waals surface area contributed by atoms with Gasteiger partial charge in [-0.25, -0.2) is 4.39 Å². The molecule has 0 amide bonds. The molecule has 0 fully saturated rings. The van der Waals surface area contributed by atoms with Crippen LogP contribution in [0.25, 0.3) is 10.8 Å². The van der Waals surface area contributed by atoms with Crippen molar-refractivity contribution in [2.24, 2.45) is 0 Å². The fourth-order valence-electron chi connectivity index (χ4n) is 1.45. The van der Waals surface area contributed by atoms with Crippen LogP contribution >= 0.6 is 12.6 Å². The molecule has 0 aliphatic carbocycles. The van der Waals surface area contributed by atoms with Gasteiger partial charge in [-0.3, -0.25) is 0 Å². The molecule has 1 radical (unpaired) electrons. The fraction of sp³-hybridized carbons (Fsp3) is 0.0909. The van der Waals surface area contributed by atoms with Crippen LogP contribution in [0.3, 0.4) is 0 Å². The van der Waals surface area contributed by atoms with Crippen molar-refractivity contribution in [2.75, 3.05) is 0 Å². The van der Waals surface area contributed by atoms with Gasteiger partial charge in [0, 0.05) is 5.56 Å². The standard InChI is InChI=1S/C11H8FS/c12-11(13)10-7-3-5-8-4-1-2-6-9(8)10/h1-7,11H. The van der Waals surface area contributed by atoms with Crippen molar-refractivity contribution in [1.29, 1.82) is 0 Å². The van der Waals surface area contributed by atoms with Gasteiger partial charge in [-0.1, -0.05) is 42.5 Å². The summed E-state index contributed by atoms with van der Waals surface area (Å²) < 4.78 is 13.0. The van der Waals surface area contributed by atoms with E-state index < -0.39 is 5.50 Å². The number of hydrogen-bond donors (Lipinski definition) is 0. The Bertz CT molecular complexity index is 418. The maximum atomic E-state index is 13.0. The molecule has 0 saturated carbocycles. The van der Waals surface area contributed by atoms with E-state index in [9.17, 15) is 4.39 Å². The minimum absolute atomic E-state index is 0.591. The Labute approximate surface area is 81.8 Å². The highest BCUT2D eigenvalue weighted by atomic mass is 32.1. The molecule has 1 unspecified atom stereocenters. The van der Waals surface area contributed by atoms with E-state index in [1.165, 1.54) is 0 Å². The van der Waals surface area contributed by atoms with Gasteiger partial charge in [-0.15, -0.1) is 0 Å². The van der Waals surface area contributed by atoms with Gasteiger partial charge in [-0.2, -0.15) is 0 Å². The summed E-state index contributed by atoms with van der Waals surface area (Å²) in [5.74, 6) is 0. The zero-order valence-electron chi connectivity index (χ0n) is 6.91. The molecule has 0 aliphatic rings. The van der Waals surface area contributed by atoms with E-state index >= 15 is 0 Å². The Morgan fingerprint density at radius 2 is 1.69 bits per heavy atom. The maximum absolute atomic E-state index is 13.0. The highest BCUT2D eigenvalue weighted by molar-refractivity contribution is 7.80. The lowest BCUT2D eigenvalue weighted by Crippen LogP contribution is -1.84. The molecule has 0 nitrogen and oxygen atoms in total. The van der Waals surface area contributed by atoms with Crippen molar-refractivity contribution in [1.82, 2.24) is 0 Å². The largest absolute Gasteiger partial charge is 0.229 e. The van der Waals surface area contributed by atoms with E-state index in [2.05, 4.69) is 12.6 Å². The molecule has 13 heavy (non-hydrogen) atoms. The summed E-state index contributed by atoms with van der Waals surface area (Å²) in [5, 5.41) is 1.94. The Morgan fingerprint density at radius 3 is 2.46 bits per heavy atom. The van der Waals surface area contributed by atoms with Crippen molar-refractivity contribution < 1.29 is 4.39 Å². The third-order valence-corrected chi connectivity index (χ3v) is 2.32. The highest BCUT2D eigenvalue weighted by Gasteiger charge is 2.07. The lowest BCUT2D eigenvalue weighted by molar-refractivity contribution is 0.475. The van der Waals surface area contributed by atoms with E-state index in [4.69, 9.17) is 0 Å². The summed E-state index contributed by atoms with van der Waals surface area (Å²) in [5.41, 5.74) is -0.723. The Hall–Kier alpha value is -1.02. The van der Waals surface area contributed by atoms with Crippen molar-refractivity contribution in [3.05, 3.63) is 48.0 Å². The monoisotopic (exact) mass is 191 g/mol. The van der Waals surface area contributed by atoms with Crippen LogP contribution in [0.5, 0.6) is 0 Å². The van der Waals surface area contributed by atoms with E-state index in [1.54, 1.807) is 6.07 Å². The Kier molecular flexibility index (Phi) is 2.23. The summed E-state index contributed by atoms with van der Waals surface area (Å²) in [4.78, 5) is 0. The molecule has 0 aromatic heterocycles. The van der Waals surface area contributed by atoms with Gasteiger partial charge in [0.1, 0.15) is 0 Å². The summed E-state index contributed by atoms with van der Waals surface area (Å²) in [6.07, 6.45) is 0. The number of halogens is 1. The van der Waals surface area contributed by atoms with Crippen LogP contribution in [0.1, 0.15) is 11.1 Å². The average Bonchev–Trinajstić information content (AvgIpc) is 2.17. The zero-order valence-corrected chi connectivity index (χ0v) is 7.72. The topological polar surface area (TPSA) is 0 Å². The molecule has 0 heterocycles. The highest BCUT2D eigenvalue weighted by Crippen LogP contribution is 2.28. The van der Waals surface area contributed by atoms with E-state index in [-0.39, 0.29) is 0 Å². The number of alkyl halides is 1. The van der Waals surface area contributed by atoms with Crippen molar-refractivity contribution in [3.63, 3.8) is 0 Å². The lowest BCUT2D eigenvalue weighted by Gasteiger charge is -2.05. The molecular weight excluding hydrogens is 183 g/mol. The average molecular weight is 191 g/mol. The second-order valence-electron chi connectivity index (χ2n) is 2.88. The molecule has 0 aliphatic heterocycles. The van der Waals surface area contributed by atoms with E-state index in [0.29, 0.717) is 5.56 Å². The zero-order chi connectivity index (χ0) is 9.26. The molecule has 2 aromatic rings. The van der Waals surface area contributed by atoms with Crippen LogP contribution in [-0.4, -0.2) is 0 Å².